The van der Waals surface area contributed by atoms with E-state index in [1.807, 2.05) is 0 Å². The van der Waals surface area contributed by atoms with Crippen molar-refractivity contribution in [1.29, 1.82) is 0 Å². The zero-order valence-electron chi connectivity index (χ0n) is 6.85. The van der Waals surface area contributed by atoms with Crippen LogP contribution in [-0.2, 0) is 0 Å². The molecule has 4 N–H and O–H groups in total. The van der Waals surface area contributed by atoms with Crippen LogP contribution in [0.15, 0.2) is 0 Å². The van der Waals surface area contributed by atoms with Gasteiger partial charge in [-0.3, -0.25) is 4.39 Å². The van der Waals surface area contributed by atoms with Gasteiger partial charge in [-0.05, 0) is 25.7 Å². The highest BCUT2D eigenvalue weighted by atomic mass is 19.1. The zero-order chi connectivity index (χ0) is 8.32. The van der Waals surface area contributed by atoms with Crippen molar-refractivity contribution in [2.45, 2.75) is 43.7 Å². The summed E-state index contributed by atoms with van der Waals surface area (Å²) in [7, 11) is 0. The molecule has 0 spiro atoms. The molecule has 1 rings (SSSR count). The van der Waals surface area contributed by atoms with Crippen molar-refractivity contribution in [2.24, 2.45) is 11.5 Å². The Hall–Kier alpha value is -0.150. The van der Waals surface area contributed by atoms with Crippen molar-refractivity contribution in [3.8, 4) is 0 Å². The molecule has 2 unspecified atom stereocenters. The molecule has 0 aliphatic heterocycles. The zero-order valence-corrected chi connectivity index (χ0v) is 6.85. The van der Waals surface area contributed by atoms with Crippen LogP contribution >= 0.6 is 0 Å². The third kappa shape index (κ3) is 2.42. The molecule has 1 saturated carbocycles. The third-order valence-corrected chi connectivity index (χ3v) is 2.51. The van der Waals surface area contributed by atoms with Gasteiger partial charge in [0, 0.05) is 11.6 Å². The average molecular weight is 160 g/mol. The lowest BCUT2D eigenvalue weighted by atomic mass is 9.78. The molecule has 2 nitrogen and oxygen atoms in total. The van der Waals surface area contributed by atoms with E-state index in [-0.39, 0.29) is 18.3 Å². The van der Waals surface area contributed by atoms with Crippen LogP contribution < -0.4 is 11.5 Å². The maximum atomic E-state index is 12.0. The van der Waals surface area contributed by atoms with Gasteiger partial charge in [-0.15, -0.1) is 0 Å². The Labute approximate surface area is 67.1 Å². The van der Waals surface area contributed by atoms with Crippen molar-refractivity contribution in [3.05, 3.63) is 0 Å². The number of alkyl halides is 1. The van der Waals surface area contributed by atoms with Gasteiger partial charge in [-0.25, -0.2) is 0 Å². The third-order valence-electron chi connectivity index (χ3n) is 2.51. The lowest BCUT2D eigenvalue weighted by Crippen LogP contribution is -2.48. The Morgan fingerprint density at radius 2 is 2.27 bits per heavy atom. The second kappa shape index (κ2) is 3.50. The van der Waals surface area contributed by atoms with Crippen molar-refractivity contribution in [2.75, 3.05) is 6.67 Å². The molecule has 0 aromatic carbocycles. The topological polar surface area (TPSA) is 52.0 Å². The number of hydrogen-bond acceptors (Lipinski definition) is 2. The standard InChI is InChI=1S/C8H17FN2/c9-5-4-8(11)3-1-2-7(10)6-8/h7H,1-6,10-11H2. The molecule has 0 bridgehead atoms. The lowest BCUT2D eigenvalue weighted by Gasteiger charge is -2.35. The van der Waals surface area contributed by atoms with E-state index < -0.39 is 0 Å². The molecule has 0 amide bonds. The van der Waals surface area contributed by atoms with E-state index in [1.165, 1.54) is 0 Å². The molecule has 0 aromatic rings. The summed E-state index contributed by atoms with van der Waals surface area (Å²) < 4.78 is 12.0. The molecule has 2 atom stereocenters. The molecule has 1 fully saturated rings. The Kier molecular flexibility index (Phi) is 2.84. The smallest absolute Gasteiger partial charge is 0.0911 e. The van der Waals surface area contributed by atoms with Gasteiger partial charge in [0.25, 0.3) is 0 Å². The van der Waals surface area contributed by atoms with Crippen molar-refractivity contribution in [3.63, 3.8) is 0 Å². The maximum Gasteiger partial charge on any atom is 0.0911 e. The van der Waals surface area contributed by atoms with E-state index in [0.29, 0.717) is 6.42 Å². The summed E-state index contributed by atoms with van der Waals surface area (Å²) in [6.07, 6.45) is 4.30. The monoisotopic (exact) mass is 160 g/mol. The van der Waals surface area contributed by atoms with E-state index >= 15 is 0 Å². The fraction of sp³-hybridized carbons (Fsp3) is 1.00. The SMILES string of the molecule is NC1CCCC(N)(CCF)C1. The van der Waals surface area contributed by atoms with Gasteiger partial charge >= 0.3 is 0 Å². The van der Waals surface area contributed by atoms with Crippen molar-refractivity contribution < 1.29 is 4.39 Å². The molecule has 66 valence electrons. The highest BCUT2D eigenvalue weighted by Crippen LogP contribution is 2.27. The van der Waals surface area contributed by atoms with Gasteiger partial charge in [0.1, 0.15) is 0 Å². The summed E-state index contributed by atoms with van der Waals surface area (Å²) >= 11 is 0. The molecule has 3 heteroatoms. The molecule has 0 heterocycles. The van der Waals surface area contributed by atoms with E-state index in [1.54, 1.807) is 0 Å². The second-order valence-corrected chi connectivity index (χ2v) is 3.66. The van der Waals surface area contributed by atoms with Crippen molar-refractivity contribution in [1.82, 2.24) is 0 Å². The first-order chi connectivity index (χ1) is 5.16. The Balaban J connectivity index is 2.41. The molecule has 1 aliphatic carbocycles. The predicted molar refractivity (Wildman–Crippen MR) is 44.0 cm³/mol. The van der Waals surface area contributed by atoms with Crippen LogP contribution in [0.2, 0.25) is 0 Å². The van der Waals surface area contributed by atoms with Gasteiger partial charge in [0.05, 0.1) is 6.67 Å². The molecule has 1 aliphatic rings. The first-order valence-corrected chi connectivity index (χ1v) is 4.27. The lowest BCUT2D eigenvalue weighted by molar-refractivity contribution is 0.233. The summed E-state index contributed by atoms with van der Waals surface area (Å²) in [5.74, 6) is 0. The first kappa shape index (κ1) is 8.94. The number of rotatable bonds is 2. The highest BCUT2D eigenvalue weighted by Gasteiger charge is 2.30. The minimum Gasteiger partial charge on any atom is -0.328 e. The Morgan fingerprint density at radius 1 is 1.55 bits per heavy atom. The highest BCUT2D eigenvalue weighted by molar-refractivity contribution is 4.91. The predicted octanol–water partition coefficient (Wildman–Crippen LogP) is 0.945. The summed E-state index contributed by atoms with van der Waals surface area (Å²) in [6, 6.07) is 0.195. The summed E-state index contributed by atoms with van der Waals surface area (Å²) in [5, 5.41) is 0. The number of hydrogen-bond donors (Lipinski definition) is 2. The quantitative estimate of drug-likeness (QED) is 0.631. The van der Waals surface area contributed by atoms with E-state index in [9.17, 15) is 4.39 Å². The Morgan fingerprint density at radius 3 is 2.82 bits per heavy atom. The number of halogens is 1. The van der Waals surface area contributed by atoms with Crippen LogP contribution in [0.4, 0.5) is 4.39 Å². The summed E-state index contributed by atoms with van der Waals surface area (Å²) in [6.45, 7) is -0.316. The maximum absolute atomic E-state index is 12.0. The van der Waals surface area contributed by atoms with Crippen LogP contribution in [0.3, 0.4) is 0 Å². The molecule has 0 radical (unpaired) electrons. The minimum atomic E-state index is -0.316. The van der Waals surface area contributed by atoms with Crippen LogP contribution in [0, 0.1) is 0 Å². The second-order valence-electron chi connectivity index (χ2n) is 3.66. The van der Waals surface area contributed by atoms with Gasteiger partial charge in [0.15, 0.2) is 0 Å². The van der Waals surface area contributed by atoms with E-state index in [0.717, 1.165) is 25.7 Å². The molecular formula is C8H17FN2. The minimum absolute atomic E-state index is 0.195. The van der Waals surface area contributed by atoms with Gasteiger partial charge in [-0.1, -0.05) is 6.42 Å². The normalized spacial score (nSPS) is 39.0. The fourth-order valence-electron chi connectivity index (χ4n) is 1.86. The molecule has 0 aromatic heterocycles. The van der Waals surface area contributed by atoms with Crippen LogP contribution in [-0.4, -0.2) is 18.3 Å². The summed E-state index contributed by atoms with van der Waals surface area (Å²) in [4.78, 5) is 0. The van der Waals surface area contributed by atoms with E-state index in [2.05, 4.69) is 0 Å². The van der Waals surface area contributed by atoms with Crippen LogP contribution in [0.25, 0.3) is 0 Å². The average Bonchev–Trinajstić information content (AvgIpc) is 1.86. The Bertz CT molecular complexity index is 125. The van der Waals surface area contributed by atoms with E-state index in [4.69, 9.17) is 11.5 Å². The molecule has 0 saturated heterocycles. The molecular weight excluding hydrogens is 143 g/mol. The van der Waals surface area contributed by atoms with Gasteiger partial charge < -0.3 is 11.5 Å². The first-order valence-electron chi connectivity index (χ1n) is 4.27. The van der Waals surface area contributed by atoms with Crippen LogP contribution in [0.5, 0.6) is 0 Å². The molecule has 11 heavy (non-hydrogen) atoms. The fourth-order valence-corrected chi connectivity index (χ4v) is 1.86. The van der Waals surface area contributed by atoms with Crippen LogP contribution in [0.1, 0.15) is 32.1 Å². The van der Waals surface area contributed by atoms with Gasteiger partial charge in [0.2, 0.25) is 0 Å². The summed E-state index contributed by atoms with van der Waals surface area (Å²) in [5.41, 5.74) is 11.4. The number of nitrogens with two attached hydrogens (primary N) is 2. The van der Waals surface area contributed by atoms with Gasteiger partial charge in [-0.2, -0.15) is 0 Å². The van der Waals surface area contributed by atoms with Crippen molar-refractivity contribution >= 4 is 0 Å². The largest absolute Gasteiger partial charge is 0.328 e.